The van der Waals surface area contributed by atoms with Gasteiger partial charge in [-0.3, -0.25) is 14.4 Å². The minimum atomic E-state index is -3.98. The fourth-order valence-electron chi connectivity index (χ4n) is 3.91. The largest absolute Gasteiger partial charge is 0.497 e. The van der Waals surface area contributed by atoms with Crippen molar-refractivity contribution in [2.45, 2.75) is 11.3 Å². The maximum Gasteiger partial charge on any atom is 0.262 e. The first-order valence-corrected chi connectivity index (χ1v) is 14.7. The van der Waals surface area contributed by atoms with Crippen LogP contribution in [0.5, 0.6) is 11.5 Å². The van der Waals surface area contributed by atoms with Crippen LogP contribution in [0.4, 0.5) is 10.8 Å². The number of halogens is 2. The van der Waals surface area contributed by atoms with Crippen LogP contribution in [0.25, 0.3) is 10.2 Å². The van der Waals surface area contributed by atoms with Crippen molar-refractivity contribution in [2.24, 2.45) is 0 Å². The number of hydrogen-bond donors (Lipinski definition) is 1. The average molecular weight is 626 g/mol. The van der Waals surface area contributed by atoms with Crippen LogP contribution < -0.4 is 19.1 Å². The highest BCUT2D eigenvalue weighted by Crippen LogP contribution is 2.39. The molecule has 9 nitrogen and oxygen atoms in total. The van der Waals surface area contributed by atoms with E-state index in [0.29, 0.717) is 44.8 Å². The van der Waals surface area contributed by atoms with Crippen molar-refractivity contribution < 1.29 is 22.7 Å². The normalized spacial score (nSPS) is 11.2. The van der Waals surface area contributed by atoms with Gasteiger partial charge in [0.15, 0.2) is 5.13 Å². The summed E-state index contributed by atoms with van der Waals surface area (Å²) in [5.41, 5.74) is 0.910. The number of aromatic nitrogens is 1. The Balaban J connectivity index is 0.00000441. The van der Waals surface area contributed by atoms with Crippen molar-refractivity contribution in [3.05, 3.63) is 71.2 Å². The van der Waals surface area contributed by atoms with Crippen molar-refractivity contribution in [3.63, 3.8) is 0 Å². The Bertz CT molecular complexity index is 1580. The molecule has 0 aliphatic heterocycles. The van der Waals surface area contributed by atoms with Crippen LogP contribution in [0.2, 0.25) is 5.02 Å². The molecule has 0 saturated carbocycles. The molecule has 0 aliphatic carbocycles. The molecule has 4 rings (SSSR count). The Morgan fingerprint density at radius 2 is 1.70 bits per heavy atom. The second kappa shape index (κ2) is 13.5. The van der Waals surface area contributed by atoms with E-state index in [1.54, 1.807) is 60.5 Å². The van der Waals surface area contributed by atoms with Crippen LogP contribution in [-0.2, 0) is 10.0 Å². The van der Waals surface area contributed by atoms with Crippen molar-refractivity contribution in [3.8, 4) is 11.5 Å². The van der Waals surface area contributed by atoms with Crippen molar-refractivity contribution >= 4 is 72.3 Å². The lowest BCUT2D eigenvalue weighted by molar-refractivity contribution is 0.0987. The number of hydrogen-bond acceptors (Lipinski definition) is 8. The van der Waals surface area contributed by atoms with Crippen LogP contribution in [0.1, 0.15) is 16.8 Å². The fraction of sp³-hybridized carbons (Fsp3) is 0.259. The summed E-state index contributed by atoms with van der Waals surface area (Å²) >= 11 is 7.72. The molecule has 0 fully saturated rings. The van der Waals surface area contributed by atoms with Gasteiger partial charge in [0, 0.05) is 6.54 Å². The molecule has 3 aromatic carbocycles. The predicted molar refractivity (Wildman–Crippen MR) is 164 cm³/mol. The quantitative estimate of drug-likeness (QED) is 0.225. The minimum Gasteiger partial charge on any atom is -0.497 e. The number of thiazole rings is 1. The number of ether oxygens (including phenoxy) is 2. The highest BCUT2D eigenvalue weighted by Gasteiger charge is 2.26. The van der Waals surface area contributed by atoms with Crippen LogP contribution in [-0.4, -0.2) is 65.6 Å². The Labute approximate surface area is 249 Å². The third kappa shape index (κ3) is 6.97. The summed E-state index contributed by atoms with van der Waals surface area (Å²) in [5, 5.41) is 0.941. The highest BCUT2D eigenvalue weighted by molar-refractivity contribution is 7.92. The average Bonchev–Trinajstić information content (AvgIpc) is 3.37. The van der Waals surface area contributed by atoms with E-state index in [1.807, 2.05) is 19.0 Å². The summed E-state index contributed by atoms with van der Waals surface area (Å²) in [6, 6.07) is 16.0. The summed E-state index contributed by atoms with van der Waals surface area (Å²) in [4.78, 5) is 22.4. The first-order chi connectivity index (χ1) is 18.6. The van der Waals surface area contributed by atoms with Crippen LogP contribution in [0.15, 0.2) is 65.6 Å². The van der Waals surface area contributed by atoms with Gasteiger partial charge < -0.3 is 14.4 Å². The lowest BCUT2D eigenvalue weighted by atomic mass is 10.1. The van der Waals surface area contributed by atoms with Gasteiger partial charge in [-0.1, -0.05) is 35.1 Å². The molecule has 0 saturated heterocycles. The number of fused-ring (bicyclic) bond motifs is 1. The summed E-state index contributed by atoms with van der Waals surface area (Å²) in [5.74, 6) is 0.687. The molecule has 1 heterocycles. The van der Waals surface area contributed by atoms with E-state index >= 15 is 0 Å². The smallest absolute Gasteiger partial charge is 0.262 e. The Morgan fingerprint density at radius 3 is 2.35 bits per heavy atom. The van der Waals surface area contributed by atoms with E-state index in [-0.39, 0.29) is 28.6 Å². The lowest BCUT2D eigenvalue weighted by Crippen LogP contribution is -2.34. The molecule has 0 aliphatic rings. The molecule has 13 heteroatoms. The van der Waals surface area contributed by atoms with Gasteiger partial charge in [-0.15, -0.1) is 12.4 Å². The van der Waals surface area contributed by atoms with Gasteiger partial charge >= 0.3 is 0 Å². The minimum absolute atomic E-state index is 0. The molecule has 1 amide bonds. The first-order valence-electron chi connectivity index (χ1n) is 12.0. The van der Waals surface area contributed by atoms with Gasteiger partial charge in [-0.25, -0.2) is 13.4 Å². The zero-order valence-corrected chi connectivity index (χ0v) is 25.6. The molecule has 0 radical (unpaired) electrons. The molecule has 4 aromatic rings. The molecule has 1 aromatic heterocycles. The summed E-state index contributed by atoms with van der Waals surface area (Å²) in [6.45, 7) is 1.10. The Hall–Kier alpha value is -3.09. The van der Waals surface area contributed by atoms with Crippen molar-refractivity contribution in [1.82, 2.24) is 9.88 Å². The fourth-order valence-corrected chi connectivity index (χ4v) is 6.27. The molecule has 40 heavy (non-hydrogen) atoms. The van der Waals surface area contributed by atoms with Crippen molar-refractivity contribution in [1.29, 1.82) is 0 Å². The second-order valence-corrected chi connectivity index (χ2v) is 11.9. The molecule has 0 unspecified atom stereocenters. The van der Waals surface area contributed by atoms with Crippen LogP contribution >= 0.6 is 35.3 Å². The number of rotatable bonds is 11. The van der Waals surface area contributed by atoms with Crippen molar-refractivity contribution in [2.75, 3.05) is 51.0 Å². The number of para-hydroxylation sites is 1. The molecular formula is C27H30Cl2N4O5S2. The van der Waals surface area contributed by atoms with E-state index in [1.165, 1.54) is 30.6 Å². The monoisotopic (exact) mass is 624 g/mol. The standard InChI is InChI=1S/C27H29ClN4O5S2.ClH/c1-31(2)16-7-17-32(27-29-24-23(37-4)15-14-21(28)25(24)38-27)26(33)20-8-5-6-9-22(20)30-39(34,35)19-12-10-18(36-3)11-13-19;/h5-6,8-15,30H,7,16-17H2,1-4H3;1H. The summed E-state index contributed by atoms with van der Waals surface area (Å²) < 4.78 is 40.2. The second-order valence-electron chi connectivity index (χ2n) is 8.86. The molecular weight excluding hydrogens is 595 g/mol. The van der Waals surface area contributed by atoms with Gasteiger partial charge in [0.2, 0.25) is 0 Å². The third-order valence-corrected chi connectivity index (χ3v) is 8.82. The van der Waals surface area contributed by atoms with Gasteiger partial charge in [-0.2, -0.15) is 0 Å². The number of anilines is 2. The maximum atomic E-state index is 14.0. The number of carbonyl (C=O) groups is 1. The topological polar surface area (TPSA) is 101 Å². The lowest BCUT2D eigenvalue weighted by Gasteiger charge is -2.22. The van der Waals surface area contributed by atoms with E-state index in [0.717, 1.165) is 6.54 Å². The Morgan fingerprint density at radius 1 is 1.00 bits per heavy atom. The first kappa shape index (κ1) is 31.4. The van der Waals surface area contributed by atoms with E-state index in [2.05, 4.69) is 4.72 Å². The van der Waals surface area contributed by atoms with Crippen LogP contribution in [0.3, 0.4) is 0 Å². The number of benzene rings is 3. The zero-order chi connectivity index (χ0) is 28.2. The molecule has 0 bridgehead atoms. The number of methoxy groups -OCH3 is 2. The van der Waals surface area contributed by atoms with Gasteiger partial charge in [0.05, 0.1) is 40.1 Å². The maximum absolute atomic E-state index is 14.0. The Kier molecular flexibility index (Phi) is 10.6. The third-order valence-electron chi connectivity index (χ3n) is 5.90. The van der Waals surface area contributed by atoms with Gasteiger partial charge in [0.25, 0.3) is 15.9 Å². The summed E-state index contributed by atoms with van der Waals surface area (Å²) in [6.07, 6.45) is 0.666. The molecule has 1 N–H and O–H groups in total. The number of sulfonamides is 1. The van der Waals surface area contributed by atoms with Crippen LogP contribution in [0, 0.1) is 0 Å². The molecule has 214 valence electrons. The van der Waals surface area contributed by atoms with Gasteiger partial charge in [-0.05, 0) is 75.6 Å². The number of amides is 1. The van der Waals surface area contributed by atoms with E-state index < -0.39 is 15.9 Å². The number of carbonyl (C=O) groups excluding carboxylic acids is 1. The van der Waals surface area contributed by atoms with E-state index in [4.69, 9.17) is 26.1 Å². The highest BCUT2D eigenvalue weighted by atomic mass is 35.5. The number of nitrogens with zero attached hydrogens (tertiary/aromatic N) is 3. The SMILES string of the molecule is COc1ccc(S(=O)(=O)Nc2ccccc2C(=O)N(CCCN(C)C)c2nc3c(OC)ccc(Cl)c3s2)cc1.Cl. The zero-order valence-electron chi connectivity index (χ0n) is 22.4. The van der Waals surface area contributed by atoms with E-state index in [9.17, 15) is 13.2 Å². The molecule has 0 atom stereocenters. The summed E-state index contributed by atoms with van der Waals surface area (Å²) in [7, 11) is 2.99. The number of nitrogens with one attached hydrogen (secondary N) is 1. The molecule has 0 spiro atoms. The van der Waals surface area contributed by atoms with Gasteiger partial charge in [0.1, 0.15) is 17.0 Å². The predicted octanol–water partition coefficient (Wildman–Crippen LogP) is 5.79.